The van der Waals surface area contributed by atoms with Gasteiger partial charge in [-0.1, -0.05) is 40.9 Å². The van der Waals surface area contributed by atoms with E-state index in [0.717, 1.165) is 28.8 Å². The number of rotatable bonds is 3. The van der Waals surface area contributed by atoms with E-state index in [2.05, 4.69) is 26.9 Å². The van der Waals surface area contributed by atoms with Crippen LogP contribution in [0.3, 0.4) is 0 Å². The molecule has 0 saturated carbocycles. The van der Waals surface area contributed by atoms with Gasteiger partial charge < -0.3 is 9.64 Å². The highest BCUT2D eigenvalue weighted by Gasteiger charge is 2.23. The summed E-state index contributed by atoms with van der Waals surface area (Å²) in [6, 6.07) is 8.77. The first-order chi connectivity index (χ1) is 10.3. The Morgan fingerprint density at radius 2 is 2.14 bits per heavy atom. The normalized spacial score (nSPS) is 19.5. The summed E-state index contributed by atoms with van der Waals surface area (Å²) in [6.45, 7) is 1.08. The second kappa shape index (κ2) is 6.65. The molecule has 2 aromatic rings. The lowest BCUT2D eigenvalue weighted by atomic mass is 10.1. The summed E-state index contributed by atoms with van der Waals surface area (Å²) in [4.78, 5) is 7.17. The summed E-state index contributed by atoms with van der Waals surface area (Å²) in [6.07, 6.45) is 6.99. The maximum Gasteiger partial charge on any atom is 0.136 e. The minimum atomic E-state index is 0.525. The van der Waals surface area contributed by atoms with Gasteiger partial charge in [-0.25, -0.2) is 4.98 Å². The summed E-state index contributed by atoms with van der Waals surface area (Å²) in [7, 11) is 1.72. The highest BCUT2D eigenvalue weighted by molar-refractivity contribution is 9.09. The number of ether oxygens (including phenoxy) is 1. The van der Waals surface area contributed by atoms with Crippen LogP contribution >= 0.6 is 15.9 Å². The predicted octanol–water partition coefficient (Wildman–Crippen LogP) is 4.39. The van der Waals surface area contributed by atoms with E-state index in [1.807, 2.05) is 24.4 Å². The van der Waals surface area contributed by atoms with E-state index in [9.17, 15) is 0 Å². The van der Waals surface area contributed by atoms with Crippen LogP contribution in [0.2, 0.25) is 0 Å². The highest BCUT2D eigenvalue weighted by Crippen LogP contribution is 2.33. The fourth-order valence-corrected chi connectivity index (χ4v) is 3.86. The van der Waals surface area contributed by atoms with Crippen molar-refractivity contribution in [3.05, 3.63) is 30.5 Å². The molecule has 0 N–H and O–H groups in total. The first-order valence-electron chi connectivity index (χ1n) is 7.59. The molecule has 1 atom stereocenters. The number of hydrogen-bond acceptors (Lipinski definition) is 3. The molecule has 0 aliphatic carbocycles. The summed E-state index contributed by atoms with van der Waals surface area (Å²) in [5, 5.41) is 3.32. The largest absolute Gasteiger partial charge is 0.496 e. The number of fused-ring (bicyclic) bond motifs is 1. The first-order valence-corrected chi connectivity index (χ1v) is 8.71. The standard InChI is InChI=1S/C17H21BrN2O/c1-21-16-8-5-7-15-14(16)9-10-19-17(15)20-11-4-2-3-6-13(20)12-18/h5,7-10,13H,2-4,6,11-12H2,1H3. The van der Waals surface area contributed by atoms with Gasteiger partial charge in [0.25, 0.3) is 0 Å². The van der Waals surface area contributed by atoms with E-state index in [4.69, 9.17) is 9.72 Å². The monoisotopic (exact) mass is 348 g/mol. The molecule has 0 radical (unpaired) electrons. The molecule has 112 valence electrons. The maximum absolute atomic E-state index is 5.49. The summed E-state index contributed by atoms with van der Waals surface area (Å²) < 4.78 is 5.49. The lowest BCUT2D eigenvalue weighted by Gasteiger charge is -2.30. The van der Waals surface area contributed by atoms with Crippen LogP contribution in [0.1, 0.15) is 25.7 Å². The first kappa shape index (κ1) is 14.6. The molecular weight excluding hydrogens is 328 g/mol. The number of halogens is 1. The molecule has 1 aliphatic rings. The minimum Gasteiger partial charge on any atom is -0.496 e. The second-order valence-electron chi connectivity index (χ2n) is 5.54. The molecule has 0 spiro atoms. The van der Waals surface area contributed by atoms with Gasteiger partial charge in [0, 0.05) is 34.9 Å². The topological polar surface area (TPSA) is 25.4 Å². The van der Waals surface area contributed by atoms with E-state index in [-0.39, 0.29) is 0 Å². The second-order valence-corrected chi connectivity index (χ2v) is 6.19. The van der Waals surface area contributed by atoms with Crippen LogP contribution in [-0.4, -0.2) is 30.0 Å². The highest BCUT2D eigenvalue weighted by atomic mass is 79.9. The molecule has 1 saturated heterocycles. The molecule has 2 heterocycles. The fraction of sp³-hybridized carbons (Fsp3) is 0.471. The van der Waals surface area contributed by atoms with Crippen LogP contribution in [-0.2, 0) is 0 Å². The van der Waals surface area contributed by atoms with Gasteiger partial charge in [-0.05, 0) is 25.0 Å². The molecule has 1 aromatic carbocycles. The Kier molecular flexibility index (Phi) is 4.63. The van der Waals surface area contributed by atoms with Crippen molar-refractivity contribution in [2.45, 2.75) is 31.7 Å². The average Bonchev–Trinajstić information content (AvgIpc) is 2.78. The van der Waals surface area contributed by atoms with E-state index in [1.54, 1.807) is 7.11 Å². The zero-order chi connectivity index (χ0) is 14.7. The maximum atomic E-state index is 5.49. The Bertz CT molecular complexity index is 617. The quantitative estimate of drug-likeness (QED) is 0.769. The lowest BCUT2D eigenvalue weighted by molar-refractivity contribution is 0.420. The zero-order valence-electron chi connectivity index (χ0n) is 12.4. The summed E-state index contributed by atoms with van der Waals surface area (Å²) in [5.74, 6) is 2.01. The number of benzene rings is 1. The van der Waals surface area contributed by atoms with Gasteiger partial charge >= 0.3 is 0 Å². The number of aromatic nitrogens is 1. The Hall–Kier alpha value is -1.29. The zero-order valence-corrected chi connectivity index (χ0v) is 14.0. The molecule has 3 rings (SSSR count). The molecule has 1 unspecified atom stereocenters. The molecule has 0 bridgehead atoms. The number of methoxy groups -OCH3 is 1. The Morgan fingerprint density at radius 1 is 1.24 bits per heavy atom. The van der Waals surface area contributed by atoms with Crippen LogP contribution in [0.4, 0.5) is 5.82 Å². The number of nitrogens with zero attached hydrogens (tertiary/aromatic N) is 2. The van der Waals surface area contributed by atoms with Crippen LogP contribution in [0.25, 0.3) is 10.8 Å². The average molecular weight is 349 g/mol. The van der Waals surface area contributed by atoms with Gasteiger partial charge in [0.2, 0.25) is 0 Å². The van der Waals surface area contributed by atoms with Crippen molar-refractivity contribution in [2.75, 3.05) is 23.9 Å². The van der Waals surface area contributed by atoms with Gasteiger partial charge in [0.1, 0.15) is 11.6 Å². The van der Waals surface area contributed by atoms with Gasteiger partial charge in [-0.15, -0.1) is 0 Å². The van der Waals surface area contributed by atoms with Crippen LogP contribution in [0, 0.1) is 0 Å². The van der Waals surface area contributed by atoms with E-state index in [0.29, 0.717) is 6.04 Å². The Labute approximate surface area is 134 Å². The van der Waals surface area contributed by atoms with Crippen molar-refractivity contribution < 1.29 is 4.74 Å². The van der Waals surface area contributed by atoms with Crippen LogP contribution in [0.15, 0.2) is 30.5 Å². The smallest absolute Gasteiger partial charge is 0.136 e. The van der Waals surface area contributed by atoms with Gasteiger partial charge in [0.15, 0.2) is 0 Å². The van der Waals surface area contributed by atoms with Crippen molar-refractivity contribution in [3.8, 4) is 5.75 Å². The number of anilines is 1. The Balaban J connectivity index is 2.10. The Morgan fingerprint density at radius 3 is 2.95 bits per heavy atom. The molecule has 1 fully saturated rings. The molecule has 4 heteroatoms. The summed E-state index contributed by atoms with van der Waals surface area (Å²) >= 11 is 3.68. The number of hydrogen-bond donors (Lipinski definition) is 0. The van der Waals surface area contributed by atoms with Gasteiger partial charge in [0.05, 0.1) is 7.11 Å². The third-order valence-electron chi connectivity index (χ3n) is 4.29. The van der Waals surface area contributed by atoms with Gasteiger partial charge in [-0.2, -0.15) is 0 Å². The fourth-order valence-electron chi connectivity index (χ4n) is 3.19. The third-order valence-corrected chi connectivity index (χ3v) is 5.04. The lowest BCUT2D eigenvalue weighted by Crippen LogP contribution is -2.36. The van der Waals surface area contributed by atoms with E-state index < -0.39 is 0 Å². The van der Waals surface area contributed by atoms with E-state index >= 15 is 0 Å². The van der Waals surface area contributed by atoms with E-state index in [1.165, 1.54) is 31.1 Å². The van der Waals surface area contributed by atoms with Crippen molar-refractivity contribution in [3.63, 3.8) is 0 Å². The van der Waals surface area contributed by atoms with Crippen molar-refractivity contribution >= 4 is 32.5 Å². The van der Waals surface area contributed by atoms with Crippen LogP contribution < -0.4 is 9.64 Å². The number of alkyl halides is 1. The molecule has 3 nitrogen and oxygen atoms in total. The molecule has 1 aromatic heterocycles. The number of pyridine rings is 1. The SMILES string of the molecule is COc1cccc2c(N3CCCCCC3CBr)nccc12. The van der Waals surface area contributed by atoms with Gasteiger partial charge in [-0.3, -0.25) is 0 Å². The molecule has 0 amide bonds. The molecule has 1 aliphatic heterocycles. The minimum absolute atomic E-state index is 0.525. The third kappa shape index (κ3) is 2.86. The molecule has 21 heavy (non-hydrogen) atoms. The van der Waals surface area contributed by atoms with Crippen molar-refractivity contribution in [1.82, 2.24) is 4.98 Å². The van der Waals surface area contributed by atoms with Crippen molar-refractivity contribution in [1.29, 1.82) is 0 Å². The van der Waals surface area contributed by atoms with Crippen LogP contribution in [0.5, 0.6) is 5.75 Å². The van der Waals surface area contributed by atoms with Crippen molar-refractivity contribution in [2.24, 2.45) is 0 Å². The molecular formula is C17H21BrN2O. The summed E-state index contributed by atoms with van der Waals surface area (Å²) in [5.41, 5.74) is 0. The predicted molar refractivity (Wildman–Crippen MR) is 91.7 cm³/mol.